The van der Waals surface area contributed by atoms with Gasteiger partial charge in [0.1, 0.15) is 5.76 Å². The van der Waals surface area contributed by atoms with Gasteiger partial charge in [0.05, 0.1) is 25.0 Å². The van der Waals surface area contributed by atoms with Crippen LogP contribution in [0.4, 0.5) is 0 Å². The minimum atomic E-state index is -1.05. The van der Waals surface area contributed by atoms with E-state index in [1.54, 1.807) is 13.8 Å². The number of rotatable bonds is 2. The van der Waals surface area contributed by atoms with Gasteiger partial charge in [-0.1, -0.05) is 0 Å². The van der Waals surface area contributed by atoms with Crippen molar-refractivity contribution >= 4 is 11.9 Å². The molecule has 0 saturated carbocycles. The highest BCUT2D eigenvalue weighted by atomic mass is 16.5. The summed E-state index contributed by atoms with van der Waals surface area (Å²) >= 11 is 0. The van der Waals surface area contributed by atoms with E-state index in [2.05, 4.69) is 0 Å². The van der Waals surface area contributed by atoms with Crippen molar-refractivity contribution in [3.05, 3.63) is 23.2 Å². The van der Waals surface area contributed by atoms with Crippen molar-refractivity contribution in [1.29, 1.82) is 0 Å². The summed E-state index contributed by atoms with van der Waals surface area (Å²) in [5.41, 5.74) is 1.27. The van der Waals surface area contributed by atoms with Gasteiger partial charge in [0.15, 0.2) is 6.10 Å². The molecule has 6 nitrogen and oxygen atoms in total. The standard InChI is InChI=1S/C12H15NO5/c1-7-6-18-8(2)10(7)11(14)13-3-4-17-9(5-13)12(15)16/h6,9H,3-5H2,1-2H3,(H,15,16). The minimum absolute atomic E-state index is 0.0677. The maximum Gasteiger partial charge on any atom is 0.334 e. The normalized spacial score (nSPS) is 19.9. The number of ether oxygens (including phenoxy) is 1. The molecule has 2 rings (SSSR count). The highest BCUT2D eigenvalue weighted by molar-refractivity contribution is 5.96. The largest absolute Gasteiger partial charge is 0.479 e. The van der Waals surface area contributed by atoms with Crippen LogP contribution in [0.25, 0.3) is 0 Å². The van der Waals surface area contributed by atoms with Crippen LogP contribution in [-0.4, -0.2) is 47.7 Å². The summed E-state index contributed by atoms with van der Waals surface area (Å²) in [4.78, 5) is 24.6. The first kappa shape index (κ1) is 12.6. The van der Waals surface area contributed by atoms with E-state index in [0.29, 0.717) is 17.9 Å². The van der Waals surface area contributed by atoms with Gasteiger partial charge in [-0.05, 0) is 13.8 Å². The molecule has 0 aliphatic carbocycles. The van der Waals surface area contributed by atoms with E-state index in [9.17, 15) is 9.59 Å². The molecule has 2 heterocycles. The zero-order valence-electron chi connectivity index (χ0n) is 10.3. The average Bonchev–Trinajstić information content (AvgIpc) is 2.68. The first-order chi connectivity index (χ1) is 8.50. The number of hydrogen-bond acceptors (Lipinski definition) is 4. The number of carbonyl (C=O) groups is 2. The van der Waals surface area contributed by atoms with E-state index in [0.717, 1.165) is 5.56 Å². The fourth-order valence-electron chi connectivity index (χ4n) is 2.03. The monoisotopic (exact) mass is 253 g/mol. The van der Waals surface area contributed by atoms with Crippen molar-refractivity contribution in [1.82, 2.24) is 4.90 Å². The lowest BCUT2D eigenvalue weighted by atomic mass is 10.1. The zero-order chi connectivity index (χ0) is 13.3. The van der Waals surface area contributed by atoms with E-state index in [4.69, 9.17) is 14.3 Å². The van der Waals surface area contributed by atoms with Crippen molar-refractivity contribution in [2.45, 2.75) is 20.0 Å². The summed E-state index contributed by atoms with van der Waals surface area (Å²) in [5.74, 6) is -0.697. The smallest absolute Gasteiger partial charge is 0.334 e. The second kappa shape index (κ2) is 4.81. The summed E-state index contributed by atoms with van der Waals surface area (Å²) < 4.78 is 10.3. The third kappa shape index (κ3) is 2.24. The number of aliphatic carboxylic acids is 1. The van der Waals surface area contributed by atoms with Crippen LogP contribution in [0.5, 0.6) is 0 Å². The minimum Gasteiger partial charge on any atom is -0.479 e. The van der Waals surface area contributed by atoms with Gasteiger partial charge in [-0.3, -0.25) is 4.79 Å². The molecule has 18 heavy (non-hydrogen) atoms. The van der Waals surface area contributed by atoms with E-state index in [-0.39, 0.29) is 19.1 Å². The fourth-order valence-corrected chi connectivity index (χ4v) is 2.03. The number of carboxylic acid groups (broad SMARTS) is 1. The molecular weight excluding hydrogens is 238 g/mol. The molecule has 0 spiro atoms. The average molecular weight is 253 g/mol. The van der Waals surface area contributed by atoms with E-state index in [1.165, 1.54) is 11.2 Å². The highest BCUT2D eigenvalue weighted by Crippen LogP contribution is 2.19. The zero-order valence-corrected chi connectivity index (χ0v) is 10.3. The molecule has 1 aliphatic rings. The molecule has 1 aromatic rings. The molecule has 0 radical (unpaired) electrons. The van der Waals surface area contributed by atoms with Crippen LogP contribution in [0.15, 0.2) is 10.7 Å². The fraction of sp³-hybridized carbons (Fsp3) is 0.500. The SMILES string of the molecule is Cc1coc(C)c1C(=O)N1CCOC(C(=O)O)C1. The highest BCUT2D eigenvalue weighted by Gasteiger charge is 2.31. The third-order valence-electron chi connectivity index (χ3n) is 3.00. The summed E-state index contributed by atoms with van der Waals surface area (Å²) in [5, 5.41) is 8.90. The lowest BCUT2D eigenvalue weighted by Gasteiger charge is -2.30. The van der Waals surface area contributed by atoms with Crippen LogP contribution in [0, 0.1) is 13.8 Å². The van der Waals surface area contributed by atoms with Crippen molar-refractivity contribution in [2.24, 2.45) is 0 Å². The van der Waals surface area contributed by atoms with Gasteiger partial charge in [0.25, 0.3) is 5.91 Å². The second-order valence-electron chi connectivity index (χ2n) is 4.30. The Bertz CT molecular complexity index is 459. The molecule has 1 atom stereocenters. The molecular formula is C12H15NO5. The predicted octanol–water partition coefficient (Wildman–Crippen LogP) is 0.822. The van der Waals surface area contributed by atoms with E-state index in [1.807, 2.05) is 0 Å². The lowest BCUT2D eigenvalue weighted by Crippen LogP contribution is -2.48. The van der Waals surface area contributed by atoms with Crippen LogP contribution in [0.1, 0.15) is 21.7 Å². The Morgan fingerprint density at radius 2 is 2.17 bits per heavy atom. The summed E-state index contributed by atoms with van der Waals surface area (Å²) in [6.45, 7) is 4.21. The van der Waals surface area contributed by atoms with Gasteiger partial charge in [0.2, 0.25) is 0 Å². The number of carbonyl (C=O) groups excluding carboxylic acids is 1. The Morgan fingerprint density at radius 1 is 1.44 bits per heavy atom. The van der Waals surface area contributed by atoms with Crippen LogP contribution in [0.2, 0.25) is 0 Å². The molecule has 0 bridgehead atoms. The molecule has 1 unspecified atom stereocenters. The summed E-state index contributed by atoms with van der Waals surface area (Å²) in [6.07, 6.45) is 0.577. The molecule has 1 amide bonds. The van der Waals surface area contributed by atoms with Gasteiger partial charge in [-0.15, -0.1) is 0 Å². The van der Waals surface area contributed by atoms with Crippen molar-refractivity contribution in [3.8, 4) is 0 Å². The van der Waals surface area contributed by atoms with Crippen LogP contribution in [0.3, 0.4) is 0 Å². The van der Waals surface area contributed by atoms with Gasteiger partial charge in [0, 0.05) is 12.1 Å². The first-order valence-electron chi connectivity index (χ1n) is 5.69. The Labute approximate surface area is 104 Å². The van der Waals surface area contributed by atoms with Crippen LogP contribution < -0.4 is 0 Å². The number of furan rings is 1. The Kier molecular flexibility index (Phi) is 3.38. The Balaban J connectivity index is 2.17. The summed E-state index contributed by atoms with van der Waals surface area (Å²) in [7, 11) is 0. The predicted molar refractivity (Wildman–Crippen MR) is 61.5 cm³/mol. The molecule has 6 heteroatoms. The molecule has 1 N–H and O–H groups in total. The number of aryl methyl sites for hydroxylation is 2. The topological polar surface area (TPSA) is 80.0 Å². The second-order valence-corrected chi connectivity index (χ2v) is 4.30. The lowest BCUT2D eigenvalue weighted by molar-refractivity contribution is -0.154. The number of carboxylic acids is 1. The van der Waals surface area contributed by atoms with Crippen molar-refractivity contribution in [3.63, 3.8) is 0 Å². The molecule has 1 fully saturated rings. The molecule has 98 valence electrons. The molecule has 1 aliphatic heterocycles. The number of morpholine rings is 1. The number of nitrogens with zero attached hydrogens (tertiary/aromatic N) is 1. The van der Waals surface area contributed by atoms with Gasteiger partial charge in [-0.2, -0.15) is 0 Å². The van der Waals surface area contributed by atoms with Gasteiger partial charge < -0.3 is 19.2 Å². The quantitative estimate of drug-likeness (QED) is 0.844. The Hall–Kier alpha value is -1.82. The van der Waals surface area contributed by atoms with Crippen molar-refractivity contribution in [2.75, 3.05) is 19.7 Å². The number of hydrogen-bond donors (Lipinski definition) is 1. The molecule has 0 aromatic carbocycles. The van der Waals surface area contributed by atoms with Gasteiger partial charge >= 0.3 is 5.97 Å². The maximum atomic E-state index is 12.3. The van der Waals surface area contributed by atoms with Crippen LogP contribution in [-0.2, 0) is 9.53 Å². The van der Waals surface area contributed by atoms with E-state index < -0.39 is 12.1 Å². The van der Waals surface area contributed by atoms with E-state index >= 15 is 0 Å². The maximum absolute atomic E-state index is 12.3. The third-order valence-corrected chi connectivity index (χ3v) is 3.00. The molecule has 1 saturated heterocycles. The van der Waals surface area contributed by atoms with Crippen molar-refractivity contribution < 1.29 is 23.8 Å². The Morgan fingerprint density at radius 3 is 2.72 bits per heavy atom. The number of amides is 1. The van der Waals surface area contributed by atoms with Crippen LogP contribution >= 0.6 is 0 Å². The first-order valence-corrected chi connectivity index (χ1v) is 5.69. The van der Waals surface area contributed by atoms with Gasteiger partial charge in [-0.25, -0.2) is 4.79 Å². The summed E-state index contributed by atoms with van der Waals surface area (Å²) in [6, 6.07) is 0. The molecule has 1 aromatic heterocycles.